The number of aliphatic hydroxyl groups is 1. The summed E-state index contributed by atoms with van der Waals surface area (Å²) in [6.45, 7) is 12.4. The Morgan fingerprint density at radius 1 is 1.10 bits per heavy atom. The summed E-state index contributed by atoms with van der Waals surface area (Å²) in [7, 11) is 0. The molecule has 1 aliphatic rings. The molecule has 9 nitrogen and oxygen atoms in total. The first kappa shape index (κ1) is 25.2. The Labute approximate surface area is 173 Å². The van der Waals surface area contributed by atoms with Gasteiger partial charge < -0.3 is 29.5 Å². The summed E-state index contributed by atoms with van der Waals surface area (Å²) >= 11 is 0. The number of ether oxygens (including phenoxy) is 3. The fourth-order valence-electron chi connectivity index (χ4n) is 2.80. The van der Waals surface area contributed by atoms with Crippen molar-refractivity contribution < 1.29 is 33.7 Å². The first-order valence-corrected chi connectivity index (χ1v) is 9.97. The van der Waals surface area contributed by atoms with Crippen molar-refractivity contribution in [3.8, 4) is 0 Å². The van der Waals surface area contributed by atoms with Gasteiger partial charge in [-0.3, -0.25) is 9.59 Å². The van der Waals surface area contributed by atoms with Crippen LogP contribution in [0.1, 0.15) is 54.4 Å². The highest BCUT2D eigenvalue weighted by molar-refractivity contribution is 5.84. The molecule has 0 aliphatic carbocycles. The Bertz CT molecular complexity index is 560. The summed E-state index contributed by atoms with van der Waals surface area (Å²) in [5.74, 6) is -0.821. The van der Waals surface area contributed by atoms with E-state index in [4.69, 9.17) is 14.2 Å². The molecule has 2 N–H and O–H groups in total. The molecule has 0 aromatic rings. The molecule has 168 valence electrons. The van der Waals surface area contributed by atoms with Gasteiger partial charge in [-0.15, -0.1) is 0 Å². The normalized spacial score (nSPS) is 17.3. The second-order valence-corrected chi connectivity index (χ2v) is 9.41. The highest BCUT2D eigenvalue weighted by Gasteiger charge is 2.33. The van der Waals surface area contributed by atoms with Crippen LogP contribution in [0.4, 0.5) is 4.79 Å². The third-order valence-corrected chi connectivity index (χ3v) is 4.02. The highest BCUT2D eigenvalue weighted by atomic mass is 16.6. The lowest BCUT2D eigenvalue weighted by molar-refractivity contribution is -0.155. The van der Waals surface area contributed by atoms with Crippen LogP contribution in [-0.2, 0) is 23.8 Å². The molecule has 0 saturated carbocycles. The lowest BCUT2D eigenvalue weighted by atomic mass is 9.88. The number of nitrogens with zero attached hydrogens (tertiary/aromatic N) is 1. The van der Waals surface area contributed by atoms with Crippen molar-refractivity contribution >= 4 is 18.0 Å². The van der Waals surface area contributed by atoms with E-state index in [9.17, 15) is 19.5 Å². The van der Waals surface area contributed by atoms with Crippen molar-refractivity contribution in [1.82, 2.24) is 10.2 Å². The summed E-state index contributed by atoms with van der Waals surface area (Å²) < 4.78 is 15.9. The maximum absolute atomic E-state index is 12.8. The number of esters is 1. The summed E-state index contributed by atoms with van der Waals surface area (Å²) in [5, 5.41) is 11.9. The van der Waals surface area contributed by atoms with Gasteiger partial charge in [0.1, 0.15) is 5.60 Å². The Balaban J connectivity index is 2.71. The first-order chi connectivity index (χ1) is 13.3. The van der Waals surface area contributed by atoms with Crippen LogP contribution in [0.2, 0.25) is 0 Å². The summed E-state index contributed by atoms with van der Waals surface area (Å²) in [6.07, 6.45) is -1.69. The minimum Gasteiger partial charge on any atom is -0.460 e. The van der Waals surface area contributed by atoms with Gasteiger partial charge in [0, 0.05) is 13.1 Å². The third kappa shape index (κ3) is 10.5. The zero-order chi connectivity index (χ0) is 22.2. The van der Waals surface area contributed by atoms with Gasteiger partial charge in [0.25, 0.3) is 5.91 Å². The largest absolute Gasteiger partial charge is 0.460 e. The van der Waals surface area contributed by atoms with E-state index in [1.165, 1.54) is 0 Å². The molecule has 1 rings (SSSR count). The fraction of sp³-hybridized carbons (Fsp3) is 0.850. The molecule has 0 aromatic carbocycles. The van der Waals surface area contributed by atoms with Crippen LogP contribution >= 0.6 is 0 Å². The quantitative estimate of drug-likeness (QED) is 0.604. The molecule has 2 amide bonds. The molecule has 9 heteroatoms. The lowest BCUT2D eigenvalue weighted by Crippen LogP contribution is -2.49. The Morgan fingerprint density at radius 3 is 2.17 bits per heavy atom. The summed E-state index contributed by atoms with van der Waals surface area (Å²) in [4.78, 5) is 38.8. The molecule has 1 fully saturated rings. The molecule has 1 heterocycles. The van der Waals surface area contributed by atoms with Crippen LogP contribution in [0.5, 0.6) is 0 Å². The molecular weight excluding hydrogens is 380 g/mol. The number of morpholine rings is 1. The molecule has 0 bridgehead atoms. The molecule has 0 aromatic heterocycles. The number of amides is 2. The second-order valence-electron chi connectivity index (χ2n) is 9.41. The average Bonchev–Trinajstić information content (AvgIpc) is 2.57. The summed E-state index contributed by atoms with van der Waals surface area (Å²) in [6, 6.07) is -0.869. The number of hydrogen-bond donors (Lipinski definition) is 2. The summed E-state index contributed by atoms with van der Waals surface area (Å²) in [5.41, 5.74) is -0.917. The molecule has 1 aliphatic heterocycles. The number of carbonyl (C=O) groups is 3. The number of aliphatic hydroxyl groups excluding tert-OH is 1. The number of hydrogen-bond acceptors (Lipinski definition) is 7. The van der Waals surface area contributed by atoms with Gasteiger partial charge in [-0.25, -0.2) is 4.79 Å². The zero-order valence-corrected chi connectivity index (χ0v) is 18.4. The van der Waals surface area contributed by atoms with E-state index in [1.54, 1.807) is 25.7 Å². The van der Waals surface area contributed by atoms with Gasteiger partial charge in [0.05, 0.1) is 32.3 Å². The number of nitrogens with one attached hydrogen (secondary N) is 1. The van der Waals surface area contributed by atoms with E-state index < -0.39 is 36.4 Å². The van der Waals surface area contributed by atoms with Crippen LogP contribution in [0, 0.1) is 5.41 Å². The SMILES string of the molecule is CC(C)(C)C[C@H](OC(=O)N[C@H](CO)CC(=O)OC(C)(C)C)C(=O)N1CCOCC1. The zero-order valence-electron chi connectivity index (χ0n) is 18.4. The van der Waals surface area contributed by atoms with Crippen LogP contribution in [0.3, 0.4) is 0 Å². The van der Waals surface area contributed by atoms with Gasteiger partial charge in [0.15, 0.2) is 6.10 Å². The predicted molar refractivity (Wildman–Crippen MR) is 106 cm³/mol. The van der Waals surface area contributed by atoms with Gasteiger partial charge in [-0.2, -0.15) is 0 Å². The molecule has 0 spiro atoms. The van der Waals surface area contributed by atoms with Gasteiger partial charge in [0.2, 0.25) is 0 Å². The van der Waals surface area contributed by atoms with E-state index in [-0.39, 0.29) is 17.7 Å². The lowest BCUT2D eigenvalue weighted by Gasteiger charge is -2.32. The average molecular weight is 417 g/mol. The van der Waals surface area contributed by atoms with Crippen molar-refractivity contribution in [2.45, 2.75) is 72.1 Å². The monoisotopic (exact) mass is 416 g/mol. The van der Waals surface area contributed by atoms with Crippen molar-refractivity contribution in [2.75, 3.05) is 32.9 Å². The predicted octanol–water partition coefficient (Wildman–Crippen LogP) is 1.47. The second kappa shape index (κ2) is 10.8. The van der Waals surface area contributed by atoms with E-state index in [0.29, 0.717) is 32.7 Å². The van der Waals surface area contributed by atoms with Gasteiger partial charge in [-0.05, 0) is 32.6 Å². The van der Waals surface area contributed by atoms with Crippen LogP contribution in [0.15, 0.2) is 0 Å². The Kier molecular flexibility index (Phi) is 9.35. The Hall–Kier alpha value is -1.87. The van der Waals surface area contributed by atoms with E-state index in [0.717, 1.165) is 0 Å². The minimum absolute atomic E-state index is 0.204. The third-order valence-electron chi connectivity index (χ3n) is 4.02. The van der Waals surface area contributed by atoms with Gasteiger partial charge >= 0.3 is 12.1 Å². The van der Waals surface area contributed by atoms with E-state index in [1.807, 2.05) is 20.8 Å². The van der Waals surface area contributed by atoms with Crippen LogP contribution in [-0.4, -0.2) is 78.6 Å². The van der Waals surface area contributed by atoms with Crippen molar-refractivity contribution in [1.29, 1.82) is 0 Å². The molecule has 0 radical (unpaired) electrons. The number of carbonyl (C=O) groups excluding carboxylic acids is 3. The number of rotatable bonds is 7. The van der Waals surface area contributed by atoms with E-state index >= 15 is 0 Å². The van der Waals surface area contributed by atoms with Crippen LogP contribution in [0.25, 0.3) is 0 Å². The van der Waals surface area contributed by atoms with Gasteiger partial charge in [-0.1, -0.05) is 20.8 Å². The topological polar surface area (TPSA) is 114 Å². The molecular formula is C20H36N2O7. The molecule has 2 atom stereocenters. The maximum atomic E-state index is 12.8. The van der Waals surface area contributed by atoms with Crippen molar-refractivity contribution in [3.63, 3.8) is 0 Å². The standard InChI is InChI=1S/C20H36N2O7/c1-19(2,3)12-15(17(25)22-7-9-27-10-8-22)28-18(26)21-14(13-23)11-16(24)29-20(4,5)6/h14-15,23H,7-13H2,1-6H3,(H,21,26)/t14-,15-/m0/s1. The maximum Gasteiger partial charge on any atom is 0.408 e. The van der Waals surface area contributed by atoms with E-state index in [2.05, 4.69) is 5.32 Å². The smallest absolute Gasteiger partial charge is 0.408 e. The fourth-order valence-corrected chi connectivity index (χ4v) is 2.80. The Morgan fingerprint density at radius 2 is 1.69 bits per heavy atom. The molecule has 29 heavy (non-hydrogen) atoms. The number of alkyl carbamates (subject to hydrolysis) is 1. The van der Waals surface area contributed by atoms with Crippen molar-refractivity contribution in [2.24, 2.45) is 5.41 Å². The molecule has 0 unspecified atom stereocenters. The van der Waals surface area contributed by atoms with Crippen molar-refractivity contribution in [3.05, 3.63) is 0 Å². The first-order valence-electron chi connectivity index (χ1n) is 9.97. The minimum atomic E-state index is -0.964. The molecule has 1 saturated heterocycles. The van der Waals surface area contributed by atoms with Crippen LogP contribution < -0.4 is 5.32 Å². The highest BCUT2D eigenvalue weighted by Crippen LogP contribution is 2.24.